The van der Waals surface area contributed by atoms with Crippen LogP contribution in [0.5, 0.6) is 0 Å². The zero-order valence-electron chi connectivity index (χ0n) is 9.37. The topological polar surface area (TPSA) is 29.5 Å². The van der Waals surface area contributed by atoms with E-state index in [0.29, 0.717) is 13.0 Å². The van der Waals surface area contributed by atoms with Gasteiger partial charge in [-0.25, -0.2) is 0 Å². The Kier molecular flexibility index (Phi) is 3.49. The lowest BCUT2D eigenvalue weighted by Gasteiger charge is -2.21. The average Bonchev–Trinajstić information content (AvgIpc) is 2.54. The molecule has 2 rings (SSSR count). The van der Waals surface area contributed by atoms with Crippen LogP contribution < -0.4 is 4.90 Å². The fourth-order valence-electron chi connectivity index (χ4n) is 1.88. The van der Waals surface area contributed by atoms with Gasteiger partial charge in [-0.15, -0.1) is 0 Å². The molecule has 1 unspecified atom stereocenters. The van der Waals surface area contributed by atoms with E-state index in [1.165, 1.54) is 3.57 Å². The van der Waals surface area contributed by atoms with E-state index in [-0.39, 0.29) is 12.0 Å². The van der Waals surface area contributed by atoms with Crippen molar-refractivity contribution in [2.45, 2.75) is 19.4 Å². The first-order chi connectivity index (χ1) is 7.61. The summed E-state index contributed by atoms with van der Waals surface area (Å²) in [6.45, 7) is 2.60. The molecule has 0 radical (unpaired) electrons. The lowest BCUT2D eigenvalue weighted by Crippen LogP contribution is -2.34. The van der Waals surface area contributed by atoms with Gasteiger partial charge in [0, 0.05) is 16.4 Å². The number of carbonyl (C=O) groups is 1. The number of benzene rings is 1. The highest BCUT2D eigenvalue weighted by atomic mass is 127. The predicted molar refractivity (Wildman–Crippen MR) is 71.7 cm³/mol. The van der Waals surface area contributed by atoms with Crippen LogP contribution in [-0.4, -0.2) is 25.7 Å². The summed E-state index contributed by atoms with van der Waals surface area (Å²) in [7, 11) is 1.67. The summed E-state index contributed by atoms with van der Waals surface area (Å²) < 4.78 is 6.38. The first kappa shape index (κ1) is 11.9. The number of nitrogens with zero attached hydrogens (tertiary/aromatic N) is 1. The van der Waals surface area contributed by atoms with Gasteiger partial charge in [0.15, 0.2) is 0 Å². The van der Waals surface area contributed by atoms with Gasteiger partial charge in [-0.3, -0.25) is 4.79 Å². The highest BCUT2D eigenvalue weighted by molar-refractivity contribution is 14.1. The summed E-state index contributed by atoms with van der Waals surface area (Å²) in [6, 6.07) is 6.12. The molecule has 1 heterocycles. The van der Waals surface area contributed by atoms with Gasteiger partial charge in [-0.1, -0.05) is 0 Å². The Morgan fingerprint density at radius 3 is 3.00 bits per heavy atom. The molecule has 86 valence electrons. The lowest BCUT2D eigenvalue weighted by atomic mass is 10.2. The van der Waals surface area contributed by atoms with Crippen LogP contribution in [0.3, 0.4) is 0 Å². The van der Waals surface area contributed by atoms with Crippen molar-refractivity contribution in [1.29, 1.82) is 0 Å². The van der Waals surface area contributed by atoms with Gasteiger partial charge >= 0.3 is 0 Å². The van der Waals surface area contributed by atoms with E-state index < -0.39 is 0 Å². The van der Waals surface area contributed by atoms with Gasteiger partial charge in [-0.2, -0.15) is 0 Å². The maximum Gasteiger partial charge on any atom is 0.231 e. The number of halogens is 1. The number of rotatable bonds is 3. The predicted octanol–water partition coefficient (Wildman–Crippen LogP) is 2.22. The van der Waals surface area contributed by atoms with Crippen molar-refractivity contribution in [3.8, 4) is 0 Å². The number of amides is 1. The lowest BCUT2D eigenvalue weighted by molar-refractivity contribution is -0.117. The second-order valence-electron chi connectivity index (χ2n) is 4.00. The molecule has 4 heteroatoms. The van der Waals surface area contributed by atoms with E-state index in [9.17, 15) is 4.79 Å². The molecule has 1 amide bonds. The molecular formula is C12H14INO2. The maximum atomic E-state index is 11.9. The van der Waals surface area contributed by atoms with Gasteiger partial charge in [0.2, 0.25) is 5.91 Å². The standard InChI is InChI=1S/C12H14INO2/c1-8(16-2)7-14-11-4-3-10(13)5-9(11)6-12(14)15/h3-5,8H,6-7H2,1-2H3. The molecule has 0 bridgehead atoms. The van der Waals surface area contributed by atoms with Crippen LogP contribution in [0.4, 0.5) is 5.69 Å². The molecule has 0 saturated carbocycles. The number of hydrogen-bond acceptors (Lipinski definition) is 2. The van der Waals surface area contributed by atoms with Gasteiger partial charge in [0.05, 0.1) is 19.1 Å². The fourth-order valence-corrected chi connectivity index (χ4v) is 2.44. The summed E-state index contributed by atoms with van der Waals surface area (Å²) in [5.41, 5.74) is 2.16. The molecule has 3 nitrogen and oxygen atoms in total. The summed E-state index contributed by atoms with van der Waals surface area (Å²) in [6.07, 6.45) is 0.581. The Balaban J connectivity index is 2.26. The van der Waals surface area contributed by atoms with E-state index in [1.54, 1.807) is 7.11 Å². The van der Waals surface area contributed by atoms with Crippen LogP contribution >= 0.6 is 22.6 Å². The van der Waals surface area contributed by atoms with E-state index in [4.69, 9.17) is 4.74 Å². The van der Waals surface area contributed by atoms with Crippen LogP contribution in [0.2, 0.25) is 0 Å². The normalized spacial score (nSPS) is 16.4. The van der Waals surface area contributed by atoms with Crippen molar-refractivity contribution in [3.63, 3.8) is 0 Å². The summed E-state index contributed by atoms with van der Waals surface area (Å²) in [5.74, 6) is 0.168. The molecule has 1 aromatic carbocycles. The van der Waals surface area contributed by atoms with Crippen molar-refractivity contribution in [2.24, 2.45) is 0 Å². The molecule has 1 atom stereocenters. The maximum absolute atomic E-state index is 11.9. The van der Waals surface area contributed by atoms with Crippen LogP contribution in [0, 0.1) is 3.57 Å². The van der Waals surface area contributed by atoms with E-state index in [0.717, 1.165) is 11.3 Å². The molecular weight excluding hydrogens is 317 g/mol. The van der Waals surface area contributed by atoms with Crippen LogP contribution in [0.15, 0.2) is 18.2 Å². The molecule has 0 N–H and O–H groups in total. The van der Waals surface area contributed by atoms with E-state index in [1.807, 2.05) is 24.0 Å². The third kappa shape index (κ3) is 2.22. The Morgan fingerprint density at radius 1 is 1.56 bits per heavy atom. The summed E-state index contributed by atoms with van der Waals surface area (Å²) in [5, 5.41) is 0. The summed E-state index contributed by atoms with van der Waals surface area (Å²) >= 11 is 2.27. The largest absolute Gasteiger partial charge is 0.380 e. The minimum absolute atomic E-state index is 0.0641. The number of hydrogen-bond donors (Lipinski definition) is 0. The fraction of sp³-hybridized carbons (Fsp3) is 0.417. The molecule has 1 aromatic rings. The number of fused-ring (bicyclic) bond motifs is 1. The highest BCUT2D eigenvalue weighted by Crippen LogP contribution is 2.30. The Morgan fingerprint density at radius 2 is 2.31 bits per heavy atom. The Bertz CT molecular complexity index is 419. The molecule has 0 aromatic heterocycles. The Labute approximate surface area is 109 Å². The minimum Gasteiger partial charge on any atom is -0.380 e. The van der Waals surface area contributed by atoms with Gasteiger partial charge < -0.3 is 9.64 Å². The smallest absolute Gasteiger partial charge is 0.231 e. The monoisotopic (exact) mass is 331 g/mol. The second kappa shape index (κ2) is 4.71. The zero-order valence-corrected chi connectivity index (χ0v) is 11.5. The van der Waals surface area contributed by atoms with E-state index >= 15 is 0 Å². The number of ether oxygens (including phenoxy) is 1. The van der Waals surface area contributed by atoms with Gasteiger partial charge in [-0.05, 0) is 53.3 Å². The van der Waals surface area contributed by atoms with Crippen molar-refractivity contribution in [3.05, 3.63) is 27.3 Å². The van der Waals surface area contributed by atoms with Crippen molar-refractivity contribution in [2.75, 3.05) is 18.6 Å². The highest BCUT2D eigenvalue weighted by Gasteiger charge is 2.28. The van der Waals surface area contributed by atoms with E-state index in [2.05, 4.69) is 28.7 Å². The number of anilines is 1. The molecule has 0 spiro atoms. The molecule has 0 saturated heterocycles. The zero-order chi connectivity index (χ0) is 11.7. The molecule has 1 aliphatic rings. The first-order valence-corrected chi connectivity index (χ1v) is 6.31. The second-order valence-corrected chi connectivity index (χ2v) is 5.25. The van der Waals surface area contributed by atoms with Crippen LogP contribution in [0.1, 0.15) is 12.5 Å². The number of methoxy groups -OCH3 is 1. The van der Waals surface area contributed by atoms with Crippen LogP contribution in [0.25, 0.3) is 0 Å². The molecule has 0 fully saturated rings. The van der Waals surface area contributed by atoms with Crippen molar-refractivity contribution >= 4 is 34.2 Å². The van der Waals surface area contributed by atoms with Crippen molar-refractivity contribution < 1.29 is 9.53 Å². The minimum atomic E-state index is 0.0641. The molecule has 1 aliphatic heterocycles. The quantitative estimate of drug-likeness (QED) is 0.795. The molecule has 0 aliphatic carbocycles. The van der Waals surface area contributed by atoms with Gasteiger partial charge in [0.25, 0.3) is 0 Å². The van der Waals surface area contributed by atoms with Gasteiger partial charge in [0.1, 0.15) is 0 Å². The third-order valence-electron chi connectivity index (χ3n) is 2.82. The third-order valence-corrected chi connectivity index (χ3v) is 3.49. The van der Waals surface area contributed by atoms with Crippen molar-refractivity contribution in [1.82, 2.24) is 0 Å². The number of carbonyl (C=O) groups excluding carboxylic acids is 1. The SMILES string of the molecule is COC(C)CN1C(=O)Cc2cc(I)ccc21. The first-order valence-electron chi connectivity index (χ1n) is 5.23. The Hall–Kier alpha value is -0.620. The average molecular weight is 331 g/mol. The van der Waals surface area contributed by atoms with Crippen LogP contribution in [-0.2, 0) is 16.0 Å². The summed E-state index contributed by atoms with van der Waals surface area (Å²) in [4.78, 5) is 13.7. The molecule has 16 heavy (non-hydrogen) atoms.